The van der Waals surface area contributed by atoms with E-state index < -0.39 is 5.82 Å². The Morgan fingerprint density at radius 3 is 2.62 bits per heavy atom. The van der Waals surface area contributed by atoms with Gasteiger partial charge in [-0.15, -0.1) is 0 Å². The van der Waals surface area contributed by atoms with Crippen LogP contribution in [0.4, 0.5) is 4.39 Å². The Balaban J connectivity index is 3.38. The number of hydrogen-bond donors (Lipinski definition) is 0. The van der Waals surface area contributed by atoms with E-state index in [0.717, 1.165) is 0 Å². The zero-order chi connectivity index (χ0) is 10.0. The first-order chi connectivity index (χ1) is 6.06. The van der Waals surface area contributed by atoms with Crippen molar-refractivity contribution in [1.82, 2.24) is 0 Å². The Kier molecular flexibility index (Phi) is 3.24. The smallest absolute Gasteiger partial charge is 0.226 e. The van der Waals surface area contributed by atoms with Gasteiger partial charge in [0.1, 0.15) is 11.6 Å². The van der Waals surface area contributed by atoms with Crippen molar-refractivity contribution in [3.8, 4) is 5.75 Å². The molecule has 13 heavy (non-hydrogen) atoms. The minimum Gasteiger partial charge on any atom is -0.496 e. The van der Waals surface area contributed by atoms with Gasteiger partial charge >= 0.3 is 0 Å². The lowest BCUT2D eigenvalue weighted by Crippen LogP contribution is -1.99. The molecule has 0 N–H and O–H groups in total. The van der Waals surface area contributed by atoms with Crippen molar-refractivity contribution in [2.75, 3.05) is 7.11 Å². The second-order valence-electron chi connectivity index (χ2n) is 2.57. The summed E-state index contributed by atoms with van der Waals surface area (Å²) in [5.74, 6) is -0.104. The first kappa shape index (κ1) is 10.4. The van der Waals surface area contributed by atoms with Crippen molar-refractivity contribution in [3.05, 3.63) is 29.1 Å². The lowest BCUT2D eigenvalue weighted by atomic mass is 10.1. The normalized spacial score (nSPS) is 9.85. The molecule has 70 valence electrons. The number of carbonyl (C=O) groups excluding carboxylic acids is 1. The number of benzene rings is 1. The fraction of sp³-hybridized carbons (Fsp3) is 0.222. The Bertz CT molecular complexity index is 350. The molecule has 0 fully saturated rings. The van der Waals surface area contributed by atoms with Gasteiger partial charge in [0.2, 0.25) is 3.79 Å². The fourth-order valence-electron chi connectivity index (χ4n) is 1.13. The Hall–Kier alpha value is -0.650. The maximum Gasteiger partial charge on any atom is 0.226 e. The zero-order valence-electron chi connectivity index (χ0n) is 7.23. The van der Waals surface area contributed by atoms with Crippen LogP contribution in [-0.4, -0.2) is 10.9 Å². The molecule has 0 aliphatic rings. The molecule has 1 aromatic rings. The Morgan fingerprint density at radius 1 is 1.54 bits per heavy atom. The minimum atomic E-state index is -0.393. The topological polar surface area (TPSA) is 26.3 Å². The molecule has 0 aliphatic carbocycles. The van der Waals surface area contributed by atoms with Gasteiger partial charge in [0.05, 0.1) is 12.7 Å². The average molecular weight is 294 g/mol. The second-order valence-corrected chi connectivity index (χ2v) is 3.55. The first-order valence-corrected chi connectivity index (χ1v) is 4.68. The highest BCUT2D eigenvalue weighted by Crippen LogP contribution is 2.25. The van der Waals surface area contributed by atoms with Crippen LogP contribution in [0.3, 0.4) is 0 Å². The van der Waals surface area contributed by atoms with Gasteiger partial charge in [-0.3, -0.25) is 4.79 Å². The van der Waals surface area contributed by atoms with Crippen LogP contribution in [0.1, 0.15) is 15.9 Å². The molecule has 0 saturated carbocycles. The van der Waals surface area contributed by atoms with E-state index in [1.165, 1.54) is 19.2 Å². The minimum absolute atomic E-state index is 0.146. The number of methoxy groups -OCH3 is 1. The average Bonchev–Trinajstić information content (AvgIpc) is 2.01. The molecule has 0 aliphatic heterocycles. The van der Waals surface area contributed by atoms with Gasteiger partial charge in [-0.2, -0.15) is 0 Å². The van der Waals surface area contributed by atoms with Crippen LogP contribution in [0.15, 0.2) is 12.1 Å². The number of halogens is 2. The predicted octanol–water partition coefficient (Wildman–Crippen LogP) is 2.72. The molecule has 0 radical (unpaired) electrons. The Labute approximate surface area is 89.2 Å². The van der Waals surface area contributed by atoms with E-state index in [2.05, 4.69) is 0 Å². The van der Waals surface area contributed by atoms with Crippen LogP contribution < -0.4 is 4.74 Å². The van der Waals surface area contributed by atoms with Gasteiger partial charge in [-0.25, -0.2) is 4.39 Å². The summed E-state index contributed by atoms with van der Waals surface area (Å²) in [5.41, 5.74) is 1.03. The first-order valence-electron chi connectivity index (χ1n) is 3.60. The van der Waals surface area contributed by atoms with Gasteiger partial charge in [0, 0.05) is 28.7 Å². The van der Waals surface area contributed by atoms with Crippen LogP contribution in [0.5, 0.6) is 5.75 Å². The van der Waals surface area contributed by atoms with Gasteiger partial charge in [-0.05, 0) is 18.6 Å². The number of rotatable bonds is 2. The molecule has 0 heterocycles. The highest BCUT2D eigenvalue weighted by molar-refractivity contribution is 14.1. The fourth-order valence-corrected chi connectivity index (χ4v) is 1.82. The molecular weight excluding hydrogens is 286 g/mol. The van der Waals surface area contributed by atoms with Crippen molar-refractivity contribution < 1.29 is 13.9 Å². The largest absolute Gasteiger partial charge is 0.496 e. The summed E-state index contributed by atoms with van der Waals surface area (Å²) >= 11 is 1.65. The molecule has 1 rings (SSSR count). The van der Waals surface area contributed by atoms with Gasteiger partial charge in [-0.1, -0.05) is 0 Å². The highest BCUT2D eigenvalue weighted by atomic mass is 127. The van der Waals surface area contributed by atoms with Crippen LogP contribution in [-0.2, 0) is 0 Å². The van der Waals surface area contributed by atoms with E-state index >= 15 is 0 Å². The molecule has 0 amide bonds. The summed E-state index contributed by atoms with van der Waals surface area (Å²) in [7, 11) is 1.41. The molecule has 0 aromatic heterocycles. The maximum atomic E-state index is 12.9. The summed E-state index contributed by atoms with van der Waals surface area (Å²) in [6.07, 6.45) is 0. The number of aryl methyl sites for hydroxylation is 1. The molecule has 2 nitrogen and oxygen atoms in total. The number of carbonyl (C=O) groups is 1. The molecule has 0 bridgehead atoms. The number of ether oxygens (including phenoxy) is 1. The summed E-state index contributed by atoms with van der Waals surface area (Å²) < 4.78 is 17.6. The lowest BCUT2D eigenvalue weighted by Gasteiger charge is -2.07. The molecule has 0 saturated heterocycles. The van der Waals surface area contributed by atoms with E-state index in [9.17, 15) is 9.18 Å². The standard InChI is InChI=1S/C9H8FIO2/c1-5-3-6(10)4-7(13-2)8(5)9(11)12/h3-4H,1-2H3. The molecule has 0 spiro atoms. The third kappa shape index (κ3) is 2.18. The lowest BCUT2D eigenvalue weighted by molar-refractivity contribution is 0.110. The maximum absolute atomic E-state index is 12.9. The highest BCUT2D eigenvalue weighted by Gasteiger charge is 2.13. The van der Waals surface area contributed by atoms with Crippen molar-refractivity contribution >= 4 is 26.4 Å². The molecule has 1 aromatic carbocycles. The summed E-state index contributed by atoms with van der Waals surface area (Å²) in [6, 6.07) is 2.52. The second kappa shape index (κ2) is 4.04. The SMILES string of the molecule is COc1cc(F)cc(C)c1C(=O)I. The molecule has 0 unspecified atom stereocenters. The monoisotopic (exact) mass is 294 g/mol. The van der Waals surface area contributed by atoms with Crippen molar-refractivity contribution in [2.45, 2.75) is 6.92 Å². The van der Waals surface area contributed by atoms with Crippen molar-refractivity contribution in [1.29, 1.82) is 0 Å². The van der Waals surface area contributed by atoms with Crippen LogP contribution in [0.2, 0.25) is 0 Å². The van der Waals surface area contributed by atoms with Crippen LogP contribution in [0.25, 0.3) is 0 Å². The van der Waals surface area contributed by atoms with E-state index in [0.29, 0.717) is 11.1 Å². The van der Waals surface area contributed by atoms with E-state index in [1.54, 1.807) is 29.5 Å². The number of hydrogen-bond acceptors (Lipinski definition) is 2. The summed E-state index contributed by atoms with van der Waals surface area (Å²) in [5, 5.41) is 0. The van der Waals surface area contributed by atoms with Crippen molar-refractivity contribution in [3.63, 3.8) is 0 Å². The van der Waals surface area contributed by atoms with Gasteiger partial charge < -0.3 is 4.74 Å². The Morgan fingerprint density at radius 2 is 2.15 bits per heavy atom. The van der Waals surface area contributed by atoms with Crippen molar-refractivity contribution in [2.24, 2.45) is 0 Å². The third-order valence-electron chi connectivity index (χ3n) is 1.68. The predicted molar refractivity (Wildman–Crippen MR) is 56.0 cm³/mol. The zero-order valence-corrected chi connectivity index (χ0v) is 9.38. The van der Waals surface area contributed by atoms with E-state index in [1.807, 2.05) is 0 Å². The van der Waals surface area contributed by atoms with E-state index in [-0.39, 0.29) is 9.54 Å². The van der Waals surface area contributed by atoms with Crippen LogP contribution in [0, 0.1) is 12.7 Å². The van der Waals surface area contributed by atoms with Crippen LogP contribution >= 0.6 is 22.6 Å². The quantitative estimate of drug-likeness (QED) is 0.619. The van der Waals surface area contributed by atoms with E-state index in [4.69, 9.17) is 4.74 Å². The van der Waals surface area contributed by atoms with Gasteiger partial charge in [0.15, 0.2) is 0 Å². The summed E-state index contributed by atoms with van der Waals surface area (Å²) in [4.78, 5) is 11.1. The molecule has 4 heteroatoms. The molecule has 0 atom stereocenters. The third-order valence-corrected chi connectivity index (χ3v) is 2.22. The summed E-state index contributed by atoms with van der Waals surface area (Å²) in [6.45, 7) is 1.68. The van der Waals surface area contributed by atoms with Gasteiger partial charge in [0.25, 0.3) is 0 Å². The molecular formula is C9H8FIO2.